The van der Waals surface area contributed by atoms with Crippen LogP contribution < -0.4 is 10.6 Å². The summed E-state index contributed by atoms with van der Waals surface area (Å²) in [5.41, 5.74) is 1.38. The lowest BCUT2D eigenvalue weighted by Gasteiger charge is -2.17. The van der Waals surface area contributed by atoms with Gasteiger partial charge in [0.2, 0.25) is 0 Å². The molecule has 0 aliphatic carbocycles. The molecule has 136 valence electrons. The molecule has 1 aromatic rings. The Labute approximate surface area is 147 Å². The van der Waals surface area contributed by atoms with Crippen molar-refractivity contribution in [2.24, 2.45) is 16.8 Å². The maximum absolute atomic E-state index is 9.22. The zero-order valence-corrected chi connectivity index (χ0v) is 15.6. The van der Waals surface area contributed by atoms with Gasteiger partial charge >= 0.3 is 0 Å². The lowest BCUT2D eigenvalue weighted by Crippen LogP contribution is -2.38. The first-order valence-electron chi connectivity index (χ1n) is 9.32. The van der Waals surface area contributed by atoms with Crippen LogP contribution in [0.4, 0.5) is 0 Å². The number of benzene rings is 1. The van der Waals surface area contributed by atoms with E-state index in [0.717, 1.165) is 51.3 Å². The Morgan fingerprint density at radius 1 is 1.17 bits per heavy atom. The first-order valence-corrected chi connectivity index (χ1v) is 9.32. The van der Waals surface area contributed by atoms with Crippen LogP contribution in [0.5, 0.6) is 0 Å². The molecule has 0 bridgehead atoms. The van der Waals surface area contributed by atoms with Gasteiger partial charge in [0, 0.05) is 26.2 Å². The molecule has 0 fully saturated rings. The molecule has 0 aliphatic heterocycles. The van der Waals surface area contributed by atoms with E-state index in [1.807, 2.05) is 0 Å². The van der Waals surface area contributed by atoms with E-state index in [4.69, 9.17) is 4.99 Å². The Hall–Kier alpha value is -1.55. The van der Waals surface area contributed by atoms with Crippen LogP contribution in [0.1, 0.15) is 45.6 Å². The fraction of sp³-hybridized carbons (Fsp3) is 0.650. The monoisotopic (exact) mass is 333 g/mol. The van der Waals surface area contributed by atoms with Crippen LogP contribution in [-0.2, 0) is 6.42 Å². The molecule has 0 saturated carbocycles. The highest BCUT2D eigenvalue weighted by Gasteiger charge is 2.10. The molecule has 4 nitrogen and oxygen atoms in total. The van der Waals surface area contributed by atoms with Crippen molar-refractivity contribution in [2.75, 3.05) is 26.2 Å². The second-order valence-electron chi connectivity index (χ2n) is 6.74. The molecule has 4 heteroatoms. The van der Waals surface area contributed by atoms with Crippen LogP contribution in [-0.4, -0.2) is 37.3 Å². The van der Waals surface area contributed by atoms with Crippen LogP contribution in [0, 0.1) is 11.8 Å². The van der Waals surface area contributed by atoms with Gasteiger partial charge in [-0.15, -0.1) is 0 Å². The van der Waals surface area contributed by atoms with Gasteiger partial charge in [0.15, 0.2) is 5.96 Å². The van der Waals surface area contributed by atoms with Gasteiger partial charge in [-0.3, -0.25) is 4.99 Å². The van der Waals surface area contributed by atoms with Crippen molar-refractivity contribution in [2.45, 2.75) is 46.5 Å². The second kappa shape index (κ2) is 12.8. The molecule has 1 rings (SSSR count). The smallest absolute Gasteiger partial charge is 0.191 e. The van der Waals surface area contributed by atoms with Crippen LogP contribution >= 0.6 is 0 Å². The largest absolute Gasteiger partial charge is 0.396 e. The summed E-state index contributed by atoms with van der Waals surface area (Å²) in [5.74, 6) is 1.98. The van der Waals surface area contributed by atoms with Gasteiger partial charge in [-0.25, -0.2) is 0 Å². The van der Waals surface area contributed by atoms with Crippen LogP contribution in [0.3, 0.4) is 0 Å². The summed E-state index contributed by atoms with van der Waals surface area (Å²) < 4.78 is 0. The molecule has 0 saturated heterocycles. The zero-order valence-electron chi connectivity index (χ0n) is 15.6. The molecular formula is C20H35N3O. The van der Waals surface area contributed by atoms with E-state index in [1.165, 1.54) is 5.56 Å². The van der Waals surface area contributed by atoms with Crippen LogP contribution in [0.2, 0.25) is 0 Å². The highest BCUT2D eigenvalue weighted by Crippen LogP contribution is 2.15. The lowest BCUT2D eigenvalue weighted by molar-refractivity contribution is 0.245. The van der Waals surface area contributed by atoms with E-state index in [-0.39, 0.29) is 6.61 Å². The number of hydrogen-bond acceptors (Lipinski definition) is 2. The van der Waals surface area contributed by atoms with Crippen molar-refractivity contribution in [1.29, 1.82) is 0 Å². The number of guanidine groups is 1. The second-order valence-corrected chi connectivity index (χ2v) is 6.74. The molecule has 3 N–H and O–H groups in total. The van der Waals surface area contributed by atoms with Crippen LogP contribution in [0.25, 0.3) is 0 Å². The predicted octanol–water partition coefficient (Wildman–Crippen LogP) is 3.22. The number of aliphatic imine (C=N–C) groups is 1. The van der Waals surface area contributed by atoms with Crippen molar-refractivity contribution >= 4 is 5.96 Å². The lowest BCUT2D eigenvalue weighted by atomic mass is 9.94. The molecule has 0 aliphatic rings. The Morgan fingerprint density at radius 2 is 1.92 bits per heavy atom. The van der Waals surface area contributed by atoms with E-state index >= 15 is 0 Å². The van der Waals surface area contributed by atoms with E-state index in [9.17, 15) is 5.11 Å². The van der Waals surface area contributed by atoms with E-state index in [0.29, 0.717) is 11.8 Å². The van der Waals surface area contributed by atoms with Crippen LogP contribution in [0.15, 0.2) is 35.3 Å². The van der Waals surface area contributed by atoms with Gasteiger partial charge in [0.1, 0.15) is 0 Å². The summed E-state index contributed by atoms with van der Waals surface area (Å²) >= 11 is 0. The quantitative estimate of drug-likeness (QED) is 0.331. The molecule has 0 radical (unpaired) electrons. The minimum atomic E-state index is 0.244. The number of hydrogen-bond donors (Lipinski definition) is 3. The Balaban J connectivity index is 2.40. The third-order valence-corrected chi connectivity index (χ3v) is 3.97. The number of aryl methyl sites for hydroxylation is 1. The Morgan fingerprint density at radius 3 is 2.54 bits per heavy atom. The molecule has 0 spiro atoms. The zero-order chi connectivity index (χ0) is 17.6. The van der Waals surface area contributed by atoms with Gasteiger partial charge in [-0.05, 0) is 50.0 Å². The summed E-state index contributed by atoms with van der Waals surface area (Å²) in [7, 11) is 0. The highest BCUT2D eigenvalue weighted by atomic mass is 16.3. The summed E-state index contributed by atoms with van der Waals surface area (Å²) in [6.07, 6.45) is 4.10. The molecule has 0 amide bonds. The minimum absolute atomic E-state index is 0.244. The summed E-state index contributed by atoms with van der Waals surface area (Å²) in [4.78, 5) is 4.71. The maximum atomic E-state index is 9.22. The minimum Gasteiger partial charge on any atom is -0.396 e. The van der Waals surface area contributed by atoms with Crippen molar-refractivity contribution in [3.8, 4) is 0 Å². The number of aliphatic hydroxyl groups excluding tert-OH is 1. The first kappa shape index (κ1) is 20.5. The van der Waals surface area contributed by atoms with Gasteiger partial charge in [0.05, 0.1) is 0 Å². The number of nitrogens with zero attached hydrogens (tertiary/aromatic N) is 1. The fourth-order valence-corrected chi connectivity index (χ4v) is 2.84. The third kappa shape index (κ3) is 9.56. The average molecular weight is 334 g/mol. The summed E-state index contributed by atoms with van der Waals surface area (Å²) in [6, 6.07) is 10.6. The normalized spacial score (nSPS) is 13.1. The van der Waals surface area contributed by atoms with E-state index in [1.54, 1.807) is 0 Å². The van der Waals surface area contributed by atoms with Gasteiger partial charge < -0.3 is 15.7 Å². The Bertz CT molecular complexity index is 445. The molecule has 0 heterocycles. The molecule has 1 atom stereocenters. The standard InChI is InChI=1S/C20H35N3O/c1-4-21-20(23-16-19(12-14-24)15-17(2)3)22-13-8-11-18-9-6-5-7-10-18/h5-7,9-10,17,19,24H,4,8,11-16H2,1-3H3,(H2,21,22,23). The van der Waals surface area contributed by atoms with Crippen molar-refractivity contribution in [3.63, 3.8) is 0 Å². The topological polar surface area (TPSA) is 56.7 Å². The van der Waals surface area contributed by atoms with Gasteiger partial charge in [-0.2, -0.15) is 0 Å². The highest BCUT2D eigenvalue weighted by molar-refractivity contribution is 5.79. The fourth-order valence-electron chi connectivity index (χ4n) is 2.84. The SMILES string of the molecule is CCNC(=NCC(CCO)CC(C)C)NCCCc1ccccc1. The number of rotatable bonds is 11. The molecular weight excluding hydrogens is 298 g/mol. The average Bonchev–Trinajstić information content (AvgIpc) is 2.57. The molecule has 1 aromatic carbocycles. The number of nitrogens with one attached hydrogen (secondary N) is 2. The van der Waals surface area contributed by atoms with E-state index in [2.05, 4.69) is 61.7 Å². The van der Waals surface area contributed by atoms with Crippen molar-refractivity contribution in [1.82, 2.24) is 10.6 Å². The van der Waals surface area contributed by atoms with Crippen molar-refractivity contribution in [3.05, 3.63) is 35.9 Å². The number of aliphatic hydroxyl groups is 1. The molecule has 0 aromatic heterocycles. The maximum Gasteiger partial charge on any atom is 0.191 e. The van der Waals surface area contributed by atoms with Gasteiger partial charge in [-0.1, -0.05) is 44.2 Å². The third-order valence-electron chi connectivity index (χ3n) is 3.97. The molecule has 24 heavy (non-hydrogen) atoms. The first-order chi connectivity index (χ1) is 11.7. The predicted molar refractivity (Wildman–Crippen MR) is 103 cm³/mol. The molecule has 1 unspecified atom stereocenters. The summed E-state index contributed by atoms with van der Waals surface area (Å²) in [5, 5.41) is 15.9. The van der Waals surface area contributed by atoms with Crippen molar-refractivity contribution < 1.29 is 5.11 Å². The van der Waals surface area contributed by atoms with Gasteiger partial charge in [0.25, 0.3) is 0 Å². The van der Waals surface area contributed by atoms with E-state index < -0.39 is 0 Å². The Kier molecular flexibility index (Phi) is 10.9. The summed E-state index contributed by atoms with van der Waals surface area (Å²) in [6.45, 7) is 9.32.